The molecule has 0 aromatic heterocycles. The lowest BCUT2D eigenvalue weighted by molar-refractivity contribution is 0.466. The minimum absolute atomic E-state index is 0.136. The van der Waals surface area contributed by atoms with Gasteiger partial charge in [-0.3, -0.25) is 0 Å². The van der Waals surface area contributed by atoms with Gasteiger partial charge in [-0.25, -0.2) is 13.2 Å². The van der Waals surface area contributed by atoms with Gasteiger partial charge in [0.25, 0.3) is 0 Å². The predicted molar refractivity (Wildman–Crippen MR) is 57.5 cm³/mol. The first-order valence-electron chi connectivity index (χ1n) is 5.08. The molecule has 1 rings (SSSR count). The summed E-state index contributed by atoms with van der Waals surface area (Å²) in [4.78, 5) is 0. The Labute approximate surface area is 93.0 Å². The third-order valence-corrected chi connectivity index (χ3v) is 2.25. The molecule has 4 heteroatoms. The third-order valence-electron chi connectivity index (χ3n) is 2.25. The van der Waals surface area contributed by atoms with Crippen molar-refractivity contribution >= 4 is 0 Å². The Bertz CT molecular complexity index is 354. The standard InChI is InChI=1S/C12H14F3N/c1-3-5-11(16-4-2)12-9(14)6-8(13)7-10(12)15/h3,6-7,11,16H,1,4-5H2,2H3. The van der Waals surface area contributed by atoms with Crippen LogP contribution in [0, 0.1) is 17.5 Å². The van der Waals surface area contributed by atoms with Crippen LogP contribution in [0.25, 0.3) is 0 Å². The van der Waals surface area contributed by atoms with Crippen LogP contribution in [0.15, 0.2) is 24.8 Å². The molecule has 1 unspecified atom stereocenters. The second-order valence-corrected chi connectivity index (χ2v) is 3.42. The zero-order valence-electron chi connectivity index (χ0n) is 9.06. The summed E-state index contributed by atoms with van der Waals surface area (Å²) in [5, 5.41) is 2.93. The highest BCUT2D eigenvalue weighted by Crippen LogP contribution is 2.24. The van der Waals surface area contributed by atoms with Crippen molar-refractivity contribution in [3.63, 3.8) is 0 Å². The number of nitrogens with one attached hydrogen (secondary N) is 1. The molecule has 0 aliphatic carbocycles. The molecule has 16 heavy (non-hydrogen) atoms. The molecule has 0 fully saturated rings. The van der Waals surface area contributed by atoms with Crippen LogP contribution in [0.2, 0.25) is 0 Å². The molecular weight excluding hydrogens is 215 g/mol. The van der Waals surface area contributed by atoms with E-state index in [0.29, 0.717) is 25.1 Å². The molecule has 1 nitrogen and oxygen atoms in total. The zero-order chi connectivity index (χ0) is 12.1. The first kappa shape index (κ1) is 12.8. The third kappa shape index (κ3) is 2.85. The van der Waals surface area contributed by atoms with E-state index in [-0.39, 0.29) is 5.56 Å². The average Bonchev–Trinajstić information content (AvgIpc) is 2.16. The molecular formula is C12H14F3N. The van der Waals surface area contributed by atoms with Crippen LogP contribution in [0.4, 0.5) is 13.2 Å². The van der Waals surface area contributed by atoms with Gasteiger partial charge in [0.15, 0.2) is 0 Å². The van der Waals surface area contributed by atoms with Crippen molar-refractivity contribution < 1.29 is 13.2 Å². The van der Waals surface area contributed by atoms with E-state index in [1.807, 2.05) is 6.92 Å². The molecule has 0 spiro atoms. The Balaban J connectivity index is 3.12. The lowest BCUT2D eigenvalue weighted by atomic mass is 10.0. The largest absolute Gasteiger partial charge is 0.310 e. The van der Waals surface area contributed by atoms with Gasteiger partial charge < -0.3 is 5.32 Å². The fraction of sp³-hybridized carbons (Fsp3) is 0.333. The maximum Gasteiger partial charge on any atom is 0.133 e. The van der Waals surface area contributed by atoms with Gasteiger partial charge in [0, 0.05) is 23.7 Å². The van der Waals surface area contributed by atoms with Gasteiger partial charge in [-0.15, -0.1) is 6.58 Å². The molecule has 0 aliphatic heterocycles. The summed E-state index contributed by atoms with van der Waals surface area (Å²) in [6.45, 7) is 5.92. The van der Waals surface area contributed by atoms with E-state index < -0.39 is 23.5 Å². The molecule has 0 aliphatic rings. The van der Waals surface area contributed by atoms with Crippen LogP contribution < -0.4 is 5.32 Å². The lowest BCUT2D eigenvalue weighted by Gasteiger charge is -2.18. The Morgan fingerprint density at radius 1 is 1.31 bits per heavy atom. The SMILES string of the molecule is C=CCC(NCC)c1c(F)cc(F)cc1F. The van der Waals surface area contributed by atoms with Crippen LogP contribution in [0.1, 0.15) is 24.9 Å². The summed E-state index contributed by atoms with van der Waals surface area (Å²) >= 11 is 0. The van der Waals surface area contributed by atoms with Crippen LogP contribution >= 0.6 is 0 Å². The predicted octanol–water partition coefficient (Wildman–Crippen LogP) is 3.33. The molecule has 0 saturated carbocycles. The fourth-order valence-electron chi connectivity index (χ4n) is 1.60. The Morgan fingerprint density at radius 3 is 2.31 bits per heavy atom. The van der Waals surface area contributed by atoms with E-state index in [0.717, 1.165) is 0 Å². The lowest BCUT2D eigenvalue weighted by Crippen LogP contribution is -2.22. The quantitative estimate of drug-likeness (QED) is 0.763. The second-order valence-electron chi connectivity index (χ2n) is 3.42. The first-order valence-corrected chi connectivity index (χ1v) is 5.08. The minimum atomic E-state index is -0.910. The summed E-state index contributed by atoms with van der Waals surface area (Å²) in [7, 11) is 0. The Morgan fingerprint density at radius 2 is 1.88 bits per heavy atom. The van der Waals surface area contributed by atoms with Gasteiger partial charge in [-0.2, -0.15) is 0 Å². The van der Waals surface area contributed by atoms with Gasteiger partial charge in [0.2, 0.25) is 0 Å². The Kier molecular flexibility index (Phi) is 4.55. The summed E-state index contributed by atoms with van der Waals surface area (Å²) < 4.78 is 39.6. The minimum Gasteiger partial charge on any atom is -0.310 e. The van der Waals surface area contributed by atoms with Crippen molar-refractivity contribution in [1.82, 2.24) is 5.32 Å². The highest BCUT2D eigenvalue weighted by atomic mass is 19.1. The smallest absolute Gasteiger partial charge is 0.133 e. The maximum atomic E-state index is 13.5. The van der Waals surface area contributed by atoms with Gasteiger partial charge >= 0.3 is 0 Å². The van der Waals surface area contributed by atoms with Crippen molar-refractivity contribution in [2.45, 2.75) is 19.4 Å². The fourth-order valence-corrected chi connectivity index (χ4v) is 1.60. The highest BCUT2D eigenvalue weighted by Gasteiger charge is 2.19. The van der Waals surface area contributed by atoms with Crippen molar-refractivity contribution in [3.05, 3.63) is 47.8 Å². The topological polar surface area (TPSA) is 12.0 Å². The van der Waals surface area contributed by atoms with E-state index >= 15 is 0 Å². The zero-order valence-corrected chi connectivity index (χ0v) is 9.06. The van der Waals surface area contributed by atoms with Crippen LogP contribution in [-0.4, -0.2) is 6.54 Å². The van der Waals surface area contributed by atoms with Gasteiger partial charge in [-0.05, 0) is 13.0 Å². The van der Waals surface area contributed by atoms with E-state index in [9.17, 15) is 13.2 Å². The number of rotatable bonds is 5. The molecule has 0 bridgehead atoms. The molecule has 0 heterocycles. The summed E-state index contributed by atoms with van der Waals surface area (Å²) in [6, 6.07) is 0.862. The van der Waals surface area contributed by atoms with Crippen molar-refractivity contribution in [3.8, 4) is 0 Å². The van der Waals surface area contributed by atoms with Gasteiger partial charge in [0.05, 0.1) is 0 Å². The molecule has 1 aromatic carbocycles. The number of benzene rings is 1. The molecule has 1 aromatic rings. The summed E-state index contributed by atoms with van der Waals surface area (Å²) in [5.74, 6) is -2.65. The first-order chi connectivity index (χ1) is 7.60. The molecule has 1 atom stereocenters. The summed E-state index contributed by atoms with van der Waals surface area (Å²) in [5.41, 5.74) is -0.136. The van der Waals surface area contributed by atoms with Gasteiger partial charge in [-0.1, -0.05) is 13.0 Å². The molecule has 0 amide bonds. The molecule has 1 N–H and O–H groups in total. The normalized spacial score (nSPS) is 12.5. The number of halogens is 3. The van der Waals surface area contributed by atoms with E-state index in [1.54, 1.807) is 6.08 Å². The second kappa shape index (κ2) is 5.70. The van der Waals surface area contributed by atoms with Crippen molar-refractivity contribution in [2.75, 3.05) is 6.54 Å². The molecule has 88 valence electrons. The average molecular weight is 229 g/mol. The van der Waals surface area contributed by atoms with Crippen molar-refractivity contribution in [1.29, 1.82) is 0 Å². The Hall–Kier alpha value is -1.29. The molecule has 0 saturated heterocycles. The van der Waals surface area contributed by atoms with Crippen LogP contribution in [0.5, 0.6) is 0 Å². The number of hydrogen-bond donors (Lipinski definition) is 1. The highest BCUT2D eigenvalue weighted by molar-refractivity contribution is 5.24. The van der Waals surface area contributed by atoms with E-state index in [4.69, 9.17) is 0 Å². The van der Waals surface area contributed by atoms with E-state index in [1.165, 1.54) is 0 Å². The van der Waals surface area contributed by atoms with Crippen LogP contribution in [0.3, 0.4) is 0 Å². The number of hydrogen-bond acceptors (Lipinski definition) is 1. The monoisotopic (exact) mass is 229 g/mol. The molecule has 0 radical (unpaired) electrons. The van der Waals surface area contributed by atoms with Crippen molar-refractivity contribution in [2.24, 2.45) is 0 Å². The summed E-state index contributed by atoms with van der Waals surface area (Å²) in [6.07, 6.45) is 1.95. The maximum absolute atomic E-state index is 13.5. The van der Waals surface area contributed by atoms with Crippen LogP contribution in [-0.2, 0) is 0 Å². The van der Waals surface area contributed by atoms with E-state index in [2.05, 4.69) is 11.9 Å². The van der Waals surface area contributed by atoms with Gasteiger partial charge in [0.1, 0.15) is 17.5 Å².